The molecule has 3 aromatic rings. The van der Waals surface area contributed by atoms with E-state index in [0.29, 0.717) is 17.3 Å². The molecule has 1 N–H and O–H groups in total. The molecule has 0 aliphatic rings. The van der Waals surface area contributed by atoms with E-state index in [9.17, 15) is 4.79 Å². The van der Waals surface area contributed by atoms with E-state index in [4.69, 9.17) is 0 Å². The van der Waals surface area contributed by atoms with Gasteiger partial charge in [-0.05, 0) is 5.56 Å². The molecule has 0 fully saturated rings. The molecule has 4 nitrogen and oxygen atoms in total. The van der Waals surface area contributed by atoms with Crippen molar-refractivity contribution in [3.8, 4) is 0 Å². The zero-order valence-electron chi connectivity index (χ0n) is 11.9. The maximum atomic E-state index is 12.0. The lowest BCUT2D eigenvalue weighted by Gasteiger charge is -1.98. The molecule has 0 aliphatic carbocycles. The average Bonchev–Trinajstić information content (AvgIpc) is 3.02. The van der Waals surface area contributed by atoms with Crippen molar-refractivity contribution in [2.75, 3.05) is 5.75 Å². The lowest BCUT2D eigenvalue weighted by atomic mass is 10.1. The Bertz CT molecular complexity index is 741. The van der Waals surface area contributed by atoms with E-state index in [-0.39, 0.29) is 5.78 Å². The minimum Gasteiger partial charge on any atom is -0.293 e. The van der Waals surface area contributed by atoms with Gasteiger partial charge in [0.1, 0.15) is 5.82 Å². The van der Waals surface area contributed by atoms with Crippen molar-refractivity contribution in [2.24, 2.45) is 0 Å². The molecule has 1 aromatic heterocycles. The Hall–Kier alpha value is -2.40. The van der Waals surface area contributed by atoms with E-state index in [1.54, 1.807) is 0 Å². The van der Waals surface area contributed by atoms with Crippen LogP contribution >= 0.6 is 11.8 Å². The number of benzene rings is 2. The molecule has 22 heavy (non-hydrogen) atoms. The standard InChI is InChI=1S/C17H15N3OS/c21-15(14-9-5-2-6-10-14)12-22-17-18-16(19-20-17)11-13-7-3-1-4-8-13/h1-10H,11-12H2,(H,18,19,20). The smallest absolute Gasteiger partial charge is 0.208 e. The molecule has 1 heterocycles. The lowest BCUT2D eigenvalue weighted by Crippen LogP contribution is -2.02. The van der Waals surface area contributed by atoms with E-state index < -0.39 is 0 Å². The first kappa shape index (κ1) is 14.5. The van der Waals surface area contributed by atoms with Crippen LogP contribution in [-0.2, 0) is 6.42 Å². The number of Topliss-reactive ketones (excluding diaryl/α,β-unsaturated/α-hetero) is 1. The van der Waals surface area contributed by atoms with Gasteiger partial charge in [-0.3, -0.25) is 9.89 Å². The highest BCUT2D eigenvalue weighted by atomic mass is 32.2. The number of ketones is 1. The summed E-state index contributed by atoms with van der Waals surface area (Å²) in [5.74, 6) is 1.23. The number of aromatic nitrogens is 3. The summed E-state index contributed by atoms with van der Waals surface area (Å²) >= 11 is 1.35. The Morgan fingerprint density at radius 3 is 2.41 bits per heavy atom. The molecule has 0 aliphatic heterocycles. The van der Waals surface area contributed by atoms with Crippen LogP contribution in [-0.4, -0.2) is 26.7 Å². The molecule has 0 atom stereocenters. The third-order valence-corrected chi connectivity index (χ3v) is 4.00. The van der Waals surface area contributed by atoms with E-state index in [1.165, 1.54) is 17.3 Å². The molecule has 0 unspecified atom stereocenters. The number of nitrogens with one attached hydrogen (secondary N) is 1. The van der Waals surface area contributed by atoms with Crippen LogP contribution < -0.4 is 0 Å². The van der Waals surface area contributed by atoms with Crippen molar-refractivity contribution in [3.63, 3.8) is 0 Å². The van der Waals surface area contributed by atoms with Crippen molar-refractivity contribution in [3.05, 3.63) is 77.6 Å². The molecule has 0 saturated carbocycles. The van der Waals surface area contributed by atoms with Crippen LogP contribution in [0.5, 0.6) is 0 Å². The third kappa shape index (κ3) is 3.83. The van der Waals surface area contributed by atoms with E-state index in [2.05, 4.69) is 15.2 Å². The van der Waals surface area contributed by atoms with Gasteiger partial charge in [-0.2, -0.15) is 0 Å². The first-order valence-corrected chi connectivity index (χ1v) is 7.96. The van der Waals surface area contributed by atoms with Crippen LogP contribution in [0.1, 0.15) is 21.7 Å². The highest BCUT2D eigenvalue weighted by Crippen LogP contribution is 2.16. The fourth-order valence-corrected chi connectivity index (χ4v) is 2.76. The summed E-state index contributed by atoms with van der Waals surface area (Å²) in [6.07, 6.45) is 0.709. The molecule has 0 spiro atoms. The largest absolute Gasteiger partial charge is 0.293 e. The summed E-state index contributed by atoms with van der Waals surface area (Å²) in [6, 6.07) is 19.4. The molecule has 3 rings (SSSR count). The normalized spacial score (nSPS) is 10.5. The number of carbonyl (C=O) groups excluding carboxylic acids is 1. The zero-order chi connectivity index (χ0) is 15.2. The van der Waals surface area contributed by atoms with Crippen LogP contribution in [0.2, 0.25) is 0 Å². The van der Waals surface area contributed by atoms with Crippen LogP contribution in [0, 0.1) is 0 Å². The van der Waals surface area contributed by atoms with Crippen molar-refractivity contribution in [1.29, 1.82) is 0 Å². The van der Waals surface area contributed by atoms with Crippen molar-refractivity contribution >= 4 is 17.5 Å². The fourth-order valence-electron chi connectivity index (χ4n) is 2.05. The highest BCUT2D eigenvalue weighted by Gasteiger charge is 2.09. The maximum absolute atomic E-state index is 12.0. The maximum Gasteiger partial charge on any atom is 0.208 e. The second-order valence-electron chi connectivity index (χ2n) is 4.80. The summed E-state index contributed by atoms with van der Waals surface area (Å²) < 4.78 is 0. The van der Waals surface area contributed by atoms with Gasteiger partial charge in [-0.25, -0.2) is 4.98 Å². The number of nitrogens with zero attached hydrogens (tertiary/aromatic N) is 2. The number of carbonyl (C=O) groups is 1. The zero-order valence-corrected chi connectivity index (χ0v) is 12.7. The quantitative estimate of drug-likeness (QED) is 0.560. The van der Waals surface area contributed by atoms with Gasteiger partial charge in [0.15, 0.2) is 5.78 Å². The number of hydrogen-bond acceptors (Lipinski definition) is 4. The highest BCUT2D eigenvalue weighted by molar-refractivity contribution is 7.99. The summed E-state index contributed by atoms with van der Waals surface area (Å²) in [5.41, 5.74) is 1.89. The number of thioether (sulfide) groups is 1. The monoisotopic (exact) mass is 309 g/mol. The summed E-state index contributed by atoms with van der Waals surface area (Å²) in [6.45, 7) is 0. The SMILES string of the molecule is O=C(CSc1n[nH]c(Cc2ccccc2)n1)c1ccccc1. The summed E-state index contributed by atoms with van der Waals surface area (Å²) in [5, 5.41) is 7.68. The van der Waals surface area contributed by atoms with Gasteiger partial charge in [0.25, 0.3) is 0 Å². The minimum atomic E-state index is 0.0833. The van der Waals surface area contributed by atoms with E-state index >= 15 is 0 Å². The first-order valence-electron chi connectivity index (χ1n) is 6.97. The molecule has 0 radical (unpaired) electrons. The molecule has 0 saturated heterocycles. The Morgan fingerprint density at radius 2 is 1.68 bits per heavy atom. The number of H-pyrrole nitrogens is 1. The van der Waals surface area contributed by atoms with Crippen LogP contribution in [0.15, 0.2) is 65.8 Å². The van der Waals surface area contributed by atoms with Crippen LogP contribution in [0.3, 0.4) is 0 Å². The van der Waals surface area contributed by atoms with Crippen molar-refractivity contribution < 1.29 is 4.79 Å². The van der Waals surface area contributed by atoms with E-state index in [0.717, 1.165) is 11.4 Å². The molecular weight excluding hydrogens is 294 g/mol. The molecule has 110 valence electrons. The topological polar surface area (TPSA) is 58.6 Å². The molecule has 0 bridgehead atoms. The predicted molar refractivity (Wildman–Crippen MR) is 87.1 cm³/mol. The average molecular weight is 309 g/mol. The molecular formula is C17H15N3OS. The molecule has 2 aromatic carbocycles. The van der Waals surface area contributed by atoms with E-state index in [1.807, 2.05) is 60.7 Å². The Morgan fingerprint density at radius 1 is 1.00 bits per heavy atom. The van der Waals surface area contributed by atoms with Gasteiger partial charge in [0, 0.05) is 12.0 Å². The fraction of sp³-hybridized carbons (Fsp3) is 0.118. The second kappa shape index (κ2) is 7.04. The third-order valence-electron chi connectivity index (χ3n) is 3.15. The van der Waals surface area contributed by atoms with Gasteiger partial charge in [-0.15, -0.1) is 5.10 Å². The summed E-state index contributed by atoms with van der Waals surface area (Å²) in [7, 11) is 0. The Labute approximate surface area is 133 Å². The lowest BCUT2D eigenvalue weighted by molar-refractivity contribution is 0.102. The first-order chi connectivity index (χ1) is 10.8. The van der Waals surface area contributed by atoms with Crippen LogP contribution in [0.25, 0.3) is 0 Å². The van der Waals surface area contributed by atoms with Crippen molar-refractivity contribution in [2.45, 2.75) is 11.6 Å². The summed E-state index contributed by atoms with van der Waals surface area (Å²) in [4.78, 5) is 16.4. The predicted octanol–water partition coefficient (Wildman–Crippen LogP) is 3.37. The van der Waals surface area contributed by atoms with Gasteiger partial charge < -0.3 is 0 Å². The second-order valence-corrected chi connectivity index (χ2v) is 5.75. The van der Waals surface area contributed by atoms with Gasteiger partial charge in [0.2, 0.25) is 5.16 Å². The van der Waals surface area contributed by atoms with Gasteiger partial charge >= 0.3 is 0 Å². The van der Waals surface area contributed by atoms with Gasteiger partial charge in [-0.1, -0.05) is 72.4 Å². The number of aromatic amines is 1. The van der Waals surface area contributed by atoms with Crippen molar-refractivity contribution in [1.82, 2.24) is 15.2 Å². The number of hydrogen-bond donors (Lipinski definition) is 1. The minimum absolute atomic E-state index is 0.0833. The van der Waals surface area contributed by atoms with Gasteiger partial charge in [0.05, 0.1) is 5.75 Å². The number of rotatable bonds is 6. The molecule has 0 amide bonds. The Balaban J connectivity index is 1.57. The Kier molecular flexibility index (Phi) is 4.65. The molecule has 5 heteroatoms. The van der Waals surface area contributed by atoms with Crippen LogP contribution in [0.4, 0.5) is 0 Å².